The minimum atomic E-state index is -1.18. The Bertz CT molecular complexity index is 992. The second-order valence-electron chi connectivity index (χ2n) is 5.05. The van der Waals surface area contributed by atoms with E-state index in [1.807, 2.05) is 0 Å². The number of hydrogen-bond acceptors (Lipinski definition) is 5. The van der Waals surface area contributed by atoms with Crippen LogP contribution in [-0.4, -0.2) is 32.8 Å². The first kappa shape index (κ1) is 14.1. The molecule has 0 spiro atoms. The summed E-state index contributed by atoms with van der Waals surface area (Å²) in [6.45, 7) is 0. The van der Waals surface area contributed by atoms with Gasteiger partial charge in [0, 0.05) is 0 Å². The van der Waals surface area contributed by atoms with Gasteiger partial charge in [-0.3, -0.25) is 9.59 Å². The number of imide groups is 1. The second-order valence-corrected chi connectivity index (χ2v) is 5.05. The molecule has 7 nitrogen and oxygen atoms in total. The summed E-state index contributed by atoms with van der Waals surface area (Å²) in [6.07, 6.45) is 1.29. The average molecular weight is 325 g/mol. The highest BCUT2D eigenvalue weighted by Crippen LogP contribution is 2.25. The van der Waals surface area contributed by atoms with Crippen molar-refractivity contribution in [2.45, 2.75) is 0 Å². The van der Waals surface area contributed by atoms with Gasteiger partial charge in [0.1, 0.15) is 16.9 Å². The molecule has 0 fully saturated rings. The van der Waals surface area contributed by atoms with Crippen molar-refractivity contribution in [2.75, 3.05) is 0 Å². The highest BCUT2D eigenvalue weighted by atomic mass is 19.1. The van der Waals surface area contributed by atoms with E-state index in [2.05, 4.69) is 9.97 Å². The molecule has 0 saturated heterocycles. The highest BCUT2D eigenvalue weighted by Gasteiger charge is 2.39. The fraction of sp³-hybridized carbons (Fsp3) is 0. The maximum absolute atomic E-state index is 14.0. The zero-order valence-corrected chi connectivity index (χ0v) is 11.9. The fourth-order valence-electron chi connectivity index (χ4n) is 2.56. The topological polar surface area (TPSA) is 92.4 Å². The molecule has 2 aromatic carbocycles. The van der Waals surface area contributed by atoms with E-state index >= 15 is 0 Å². The Morgan fingerprint density at radius 3 is 2.42 bits per heavy atom. The molecule has 118 valence electrons. The van der Waals surface area contributed by atoms with Gasteiger partial charge in [-0.15, -0.1) is 0 Å². The number of hydroxylamine groups is 2. The molecule has 8 heteroatoms. The number of hydrogen-bond donors (Lipinski definition) is 1. The van der Waals surface area contributed by atoms with Crippen molar-refractivity contribution >= 4 is 28.8 Å². The van der Waals surface area contributed by atoms with Gasteiger partial charge in [-0.1, -0.05) is 17.2 Å². The lowest BCUT2D eigenvalue weighted by molar-refractivity contribution is -0.0586. The van der Waals surface area contributed by atoms with Crippen LogP contribution in [0.3, 0.4) is 0 Å². The van der Waals surface area contributed by atoms with Crippen molar-refractivity contribution in [1.29, 1.82) is 0 Å². The van der Waals surface area contributed by atoms with Gasteiger partial charge in [0.15, 0.2) is 0 Å². The average Bonchev–Trinajstić information content (AvgIpc) is 3.14. The van der Waals surface area contributed by atoms with Crippen LogP contribution in [0, 0.1) is 5.82 Å². The van der Waals surface area contributed by atoms with Gasteiger partial charge in [-0.05, 0) is 24.3 Å². The third-order valence-corrected chi connectivity index (χ3v) is 3.68. The van der Waals surface area contributed by atoms with E-state index in [-0.39, 0.29) is 16.6 Å². The first-order valence-electron chi connectivity index (χ1n) is 6.89. The molecule has 24 heavy (non-hydrogen) atoms. The summed E-state index contributed by atoms with van der Waals surface area (Å²) in [5.74, 6) is -3.60. The lowest BCUT2D eigenvalue weighted by atomic mass is 10.1. The number of H-pyrrole nitrogens is 1. The van der Waals surface area contributed by atoms with Crippen LogP contribution in [0.1, 0.15) is 31.1 Å². The molecule has 0 saturated carbocycles. The minimum absolute atomic E-state index is 0.0524. The fourth-order valence-corrected chi connectivity index (χ4v) is 2.56. The number of carbonyl (C=O) groups excluding carboxylic acids is 3. The van der Waals surface area contributed by atoms with Crippen molar-refractivity contribution in [3.05, 3.63) is 65.2 Å². The summed E-state index contributed by atoms with van der Waals surface area (Å²) in [7, 11) is 0. The number of benzene rings is 2. The molecule has 1 aromatic heterocycles. The Balaban J connectivity index is 1.70. The summed E-state index contributed by atoms with van der Waals surface area (Å²) in [5, 5.41) is 0.331. The molecule has 1 aliphatic heterocycles. The molecule has 0 radical (unpaired) electrons. The number of nitrogens with zero attached hydrogens (tertiary/aromatic N) is 2. The van der Waals surface area contributed by atoms with Gasteiger partial charge in [0.2, 0.25) is 0 Å². The number of imidazole rings is 1. The quantitative estimate of drug-likeness (QED) is 0.728. The van der Waals surface area contributed by atoms with Gasteiger partial charge in [-0.25, -0.2) is 14.2 Å². The van der Waals surface area contributed by atoms with Crippen LogP contribution in [0.15, 0.2) is 42.7 Å². The largest absolute Gasteiger partial charge is 0.369 e. The van der Waals surface area contributed by atoms with E-state index in [1.165, 1.54) is 24.5 Å². The van der Waals surface area contributed by atoms with Crippen LogP contribution >= 0.6 is 0 Å². The number of nitrogens with one attached hydrogen (secondary N) is 1. The summed E-state index contributed by atoms with van der Waals surface area (Å²) in [6, 6.07) is 8.53. The number of halogens is 1. The van der Waals surface area contributed by atoms with Crippen LogP contribution < -0.4 is 0 Å². The molecular formula is C16H8FN3O4. The molecule has 0 unspecified atom stereocenters. The first-order valence-corrected chi connectivity index (χ1v) is 6.89. The number of rotatable bonds is 2. The van der Waals surface area contributed by atoms with E-state index in [1.54, 1.807) is 12.1 Å². The predicted octanol–water partition coefficient (Wildman–Crippen LogP) is 2.07. The zero-order chi connectivity index (χ0) is 16.8. The van der Waals surface area contributed by atoms with Crippen molar-refractivity contribution in [2.24, 2.45) is 0 Å². The second kappa shape index (κ2) is 4.98. The monoisotopic (exact) mass is 325 g/mol. The molecule has 0 aliphatic carbocycles. The summed E-state index contributed by atoms with van der Waals surface area (Å²) >= 11 is 0. The van der Waals surface area contributed by atoms with Crippen LogP contribution in [0.2, 0.25) is 0 Å². The van der Waals surface area contributed by atoms with Crippen molar-refractivity contribution in [1.82, 2.24) is 15.0 Å². The van der Waals surface area contributed by atoms with Crippen LogP contribution in [0.25, 0.3) is 11.0 Å². The van der Waals surface area contributed by atoms with Gasteiger partial charge in [0.25, 0.3) is 11.8 Å². The molecule has 0 bridgehead atoms. The molecule has 4 rings (SSSR count). The third kappa shape index (κ3) is 1.89. The molecule has 2 amide bonds. The molecule has 1 N–H and O–H groups in total. The summed E-state index contributed by atoms with van der Waals surface area (Å²) in [4.78, 5) is 48.1. The van der Waals surface area contributed by atoms with E-state index in [0.717, 1.165) is 6.07 Å². The van der Waals surface area contributed by atoms with Gasteiger partial charge >= 0.3 is 5.97 Å². The summed E-state index contributed by atoms with van der Waals surface area (Å²) < 4.78 is 14.0. The van der Waals surface area contributed by atoms with E-state index in [4.69, 9.17) is 4.84 Å². The minimum Gasteiger partial charge on any atom is -0.345 e. The lowest BCUT2D eigenvalue weighted by Gasteiger charge is -2.13. The highest BCUT2D eigenvalue weighted by molar-refractivity contribution is 6.21. The third-order valence-electron chi connectivity index (χ3n) is 3.68. The van der Waals surface area contributed by atoms with Crippen molar-refractivity contribution < 1.29 is 23.6 Å². The van der Waals surface area contributed by atoms with Gasteiger partial charge in [-0.2, -0.15) is 0 Å². The van der Waals surface area contributed by atoms with Gasteiger partial charge in [0.05, 0.1) is 23.0 Å². The van der Waals surface area contributed by atoms with Crippen molar-refractivity contribution in [3.8, 4) is 0 Å². The maximum Gasteiger partial charge on any atom is 0.369 e. The Labute approximate surface area is 133 Å². The lowest BCUT2D eigenvalue weighted by Crippen LogP contribution is -2.33. The van der Waals surface area contributed by atoms with Crippen LogP contribution in [-0.2, 0) is 4.84 Å². The Hall–Kier alpha value is -3.55. The number of fused-ring (bicyclic) bond motifs is 2. The SMILES string of the molecule is O=C(ON1C(=O)c2ccccc2C1=O)c1c(F)ccc2[nH]cnc12. The molecule has 1 aliphatic rings. The normalized spacial score (nSPS) is 13.5. The van der Waals surface area contributed by atoms with E-state index < -0.39 is 29.2 Å². The van der Waals surface area contributed by atoms with E-state index in [0.29, 0.717) is 10.6 Å². The molecular weight excluding hydrogens is 317 g/mol. The Morgan fingerprint density at radius 2 is 1.75 bits per heavy atom. The smallest absolute Gasteiger partial charge is 0.345 e. The number of aromatic amines is 1. The molecule has 0 atom stereocenters. The number of aromatic nitrogens is 2. The van der Waals surface area contributed by atoms with Crippen molar-refractivity contribution in [3.63, 3.8) is 0 Å². The molecule has 2 heterocycles. The van der Waals surface area contributed by atoms with Crippen LogP contribution in [0.5, 0.6) is 0 Å². The van der Waals surface area contributed by atoms with Gasteiger partial charge < -0.3 is 9.82 Å². The standard InChI is InChI=1S/C16H8FN3O4/c17-10-5-6-11-13(19-7-18-11)12(10)16(23)24-20-14(21)8-3-1-2-4-9(8)15(20)22/h1-7H,(H,18,19). The zero-order valence-electron chi connectivity index (χ0n) is 11.9. The summed E-state index contributed by atoms with van der Waals surface area (Å²) in [5.41, 5.74) is 0.259. The predicted molar refractivity (Wildman–Crippen MR) is 78.4 cm³/mol. The van der Waals surface area contributed by atoms with E-state index in [9.17, 15) is 18.8 Å². The molecule has 3 aromatic rings. The first-order chi connectivity index (χ1) is 11.6. The van der Waals surface area contributed by atoms with Crippen LogP contribution in [0.4, 0.5) is 4.39 Å². The maximum atomic E-state index is 14.0. The number of carbonyl (C=O) groups is 3. The number of amides is 2. The Kier molecular flexibility index (Phi) is 2.92. The Morgan fingerprint density at radius 1 is 1.08 bits per heavy atom.